The number of benzene rings is 2. The van der Waals surface area contributed by atoms with E-state index in [1.165, 1.54) is 0 Å². The average Bonchev–Trinajstić information content (AvgIpc) is 3.34. The van der Waals surface area contributed by atoms with Crippen LogP contribution in [-0.4, -0.2) is 56.1 Å². The molecule has 0 radical (unpaired) electrons. The predicted octanol–water partition coefficient (Wildman–Crippen LogP) is 2.99. The summed E-state index contributed by atoms with van der Waals surface area (Å²) in [5.74, 6) is 2.63. The van der Waals surface area contributed by atoms with Gasteiger partial charge in [-0.15, -0.1) is 0 Å². The number of methoxy groups -OCH3 is 1. The van der Waals surface area contributed by atoms with Gasteiger partial charge in [0.2, 0.25) is 10.0 Å². The van der Waals surface area contributed by atoms with Crippen molar-refractivity contribution in [3.8, 4) is 11.5 Å². The van der Waals surface area contributed by atoms with Crippen LogP contribution in [0.3, 0.4) is 0 Å². The summed E-state index contributed by atoms with van der Waals surface area (Å²) < 4.78 is 38.4. The number of hydrogen-bond donors (Lipinski definition) is 1. The average molecular weight is 433 g/mol. The Balaban J connectivity index is 1.22. The maximum absolute atomic E-state index is 13.0. The monoisotopic (exact) mass is 432 g/mol. The Bertz CT molecular complexity index is 1020. The predicted molar refractivity (Wildman–Crippen MR) is 115 cm³/mol. The highest BCUT2D eigenvalue weighted by molar-refractivity contribution is 8.01. The summed E-state index contributed by atoms with van der Waals surface area (Å²) in [6.07, 6.45) is 1.74. The highest BCUT2D eigenvalue weighted by Crippen LogP contribution is 2.47. The lowest BCUT2D eigenvalue weighted by Gasteiger charge is -2.46. The third kappa shape index (κ3) is 3.47. The molecule has 2 aromatic carbocycles. The van der Waals surface area contributed by atoms with Crippen molar-refractivity contribution in [2.24, 2.45) is 0 Å². The molecule has 6 nitrogen and oxygen atoms in total. The van der Waals surface area contributed by atoms with Crippen molar-refractivity contribution in [1.29, 1.82) is 0 Å². The molecule has 154 valence electrons. The lowest BCUT2D eigenvalue weighted by atomic mass is 9.94. The van der Waals surface area contributed by atoms with Gasteiger partial charge in [-0.05, 0) is 54.4 Å². The first-order chi connectivity index (χ1) is 14.0. The molecule has 1 unspecified atom stereocenters. The van der Waals surface area contributed by atoms with E-state index in [1.54, 1.807) is 29.6 Å². The van der Waals surface area contributed by atoms with Crippen molar-refractivity contribution < 1.29 is 17.9 Å². The summed E-state index contributed by atoms with van der Waals surface area (Å²) in [6, 6.07) is 13.5. The SMILES string of the molecule is COc1ccc(NC2CSC3(C2)CN(S(=O)(=O)c2ccc4c(c2)CCO4)C3)cc1. The minimum absolute atomic E-state index is 0.0248. The minimum atomic E-state index is -3.44. The number of hydrogen-bond acceptors (Lipinski definition) is 6. The summed E-state index contributed by atoms with van der Waals surface area (Å²) >= 11 is 1.89. The summed E-state index contributed by atoms with van der Waals surface area (Å²) in [5, 5.41) is 3.57. The molecule has 2 saturated heterocycles. The molecule has 0 aliphatic carbocycles. The Morgan fingerprint density at radius 1 is 1.21 bits per heavy atom. The molecule has 3 heterocycles. The summed E-state index contributed by atoms with van der Waals surface area (Å²) in [5.41, 5.74) is 2.05. The summed E-state index contributed by atoms with van der Waals surface area (Å²) in [7, 11) is -1.78. The molecule has 1 atom stereocenters. The molecule has 2 aromatic rings. The second-order valence-corrected chi connectivity index (χ2v) is 11.3. The number of thioether (sulfide) groups is 1. The van der Waals surface area contributed by atoms with Crippen LogP contribution in [-0.2, 0) is 16.4 Å². The van der Waals surface area contributed by atoms with Crippen LogP contribution in [0.25, 0.3) is 0 Å². The van der Waals surface area contributed by atoms with Crippen LogP contribution in [0, 0.1) is 0 Å². The van der Waals surface area contributed by atoms with Crippen LogP contribution < -0.4 is 14.8 Å². The van der Waals surface area contributed by atoms with Crippen LogP contribution in [0.2, 0.25) is 0 Å². The van der Waals surface area contributed by atoms with E-state index in [2.05, 4.69) is 5.32 Å². The molecular weight excluding hydrogens is 408 g/mol. The largest absolute Gasteiger partial charge is 0.497 e. The molecule has 2 fully saturated rings. The number of nitrogens with one attached hydrogen (secondary N) is 1. The van der Waals surface area contributed by atoms with Crippen LogP contribution in [0.15, 0.2) is 47.4 Å². The van der Waals surface area contributed by atoms with Crippen molar-refractivity contribution in [3.63, 3.8) is 0 Å². The first-order valence-electron chi connectivity index (χ1n) is 9.78. The number of ether oxygens (including phenoxy) is 2. The Hall–Kier alpha value is -1.90. The lowest BCUT2D eigenvalue weighted by Crippen LogP contribution is -2.60. The third-order valence-electron chi connectivity index (χ3n) is 5.90. The third-order valence-corrected chi connectivity index (χ3v) is 9.29. The fourth-order valence-electron chi connectivity index (χ4n) is 4.32. The van der Waals surface area contributed by atoms with Crippen LogP contribution >= 0.6 is 11.8 Å². The highest BCUT2D eigenvalue weighted by Gasteiger charge is 2.53. The van der Waals surface area contributed by atoms with Gasteiger partial charge in [0.15, 0.2) is 0 Å². The summed E-state index contributed by atoms with van der Waals surface area (Å²) in [4.78, 5) is 0.382. The first kappa shape index (κ1) is 19.1. The topological polar surface area (TPSA) is 67.9 Å². The molecule has 0 bridgehead atoms. The zero-order chi connectivity index (χ0) is 20.1. The lowest BCUT2D eigenvalue weighted by molar-refractivity contribution is 0.226. The molecule has 0 saturated carbocycles. The van der Waals surface area contributed by atoms with Crippen molar-refractivity contribution in [2.75, 3.05) is 37.9 Å². The second kappa shape index (κ2) is 7.11. The molecule has 0 amide bonds. The fourth-order valence-corrected chi connectivity index (χ4v) is 7.72. The van der Waals surface area contributed by atoms with E-state index in [1.807, 2.05) is 36.0 Å². The van der Waals surface area contributed by atoms with Crippen molar-refractivity contribution in [2.45, 2.75) is 28.5 Å². The first-order valence-corrected chi connectivity index (χ1v) is 12.2. The van der Waals surface area contributed by atoms with E-state index in [0.29, 0.717) is 30.6 Å². The molecule has 8 heteroatoms. The van der Waals surface area contributed by atoms with Gasteiger partial charge in [-0.25, -0.2) is 8.42 Å². The van der Waals surface area contributed by atoms with Crippen LogP contribution in [0.5, 0.6) is 11.5 Å². The van der Waals surface area contributed by atoms with E-state index in [-0.39, 0.29) is 4.75 Å². The Kier molecular flexibility index (Phi) is 4.68. The number of rotatable bonds is 5. The maximum Gasteiger partial charge on any atom is 0.243 e. The van der Waals surface area contributed by atoms with Gasteiger partial charge in [-0.2, -0.15) is 16.1 Å². The van der Waals surface area contributed by atoms with Gasteiger partial charge < -0.3 is 14.8 Å². The van der Waals surface area contributed by atoms with Gasteiger partial charge in [0.25, 0.3) is 0 Å². The molecule has 5 rings (SSSR count). The Morgan fingerprint density at radius 3 is 2.76 bits per heavy atom. The van der Waals surface area contributed by atoms with Crippen molar-refractivity contribution in [3.05, 3.63) is 48.0 Å². The minimum Gasteiger partial charge on any atom is -0.497 e. The van der Waals surface area contributed by atoms with Gasteiger partial charge in [-0.3, -0.25) is 0 Å². The van der Waals surface area contributed by atoms with Gasteiger partial charge in [0, 0.05) is 41.7 Å². The van der Waals surface area contributed by atoms with Gasteiger partial charge in [0.05, 0.1) is 18.6 Å². The van der Waals surface area contributed by atoms with Gasteiger partial charge in [-0.1, -0.05) is 0 Å². The second-order valence-electron chi connectivity index (χ2n) is 7.91. The molecule has 29 heavy (non-hydrogen) atoms. The fraction of sp³-hybridized carbons (Fsp3) is 0.429. The molecule has 1 N–H and O–H groups in total. The molecule has 1 spiro atoms. The van der Waals surface area contributed by atoms with E-state index < -0.39 is 10.0 Å². The Morgan fingerprint density at radius 2 is 2.00 bits per heavy atom. The quantitative estimate of drug-likeness (QED) is 0.784. The van der Waals surface area contributed by atoms with Gasteiger partial charge >= 0.3 is 0 Å². The Labute approximate surface area is 175 Å². The smallest absolute Gasteiger partial charge is 0.243 e. The van der Waals surface area contributed by atoms with Gasteiger partial charge in [0.1, 0.15) is 11.5 Å². The normalized spacial score (nSPS) is 22.7. The standard InChI is InChI=1S/C21H24N2O4S2/c1-26-18-4-2-16(3-5-18)22-17-11-21(28-12-17)13-23(14-21)29(24,25)19-6-7-20-15(10-19)8-9-27-20/h2-7,10,17,22H,8-9,11-14H2,1H3. The number of nitrogens with zero attached hydrogens (tertiary/aromatic N) is 1. The summed E-state index contributed by atoms with van der Waals surface area (Å²) in [6.45, 7) is 1.79. The van der Waals surface area contributed by atoms with E-state index in [4.69, 9.17) is 9.47 Å². The zero-order valence-electron chi connectivity index (χ0n) is 16.3. The van der Waals surface area contributed by atoms with E-state index in [0.717, 1.165) is 41.3 Å². The molecular formula is C21H24N2O4S2. The highest BCUT2D eigenvalue weighted by atomic mass is 32.2. The van der Waals surface area contributed by atoms with E-state index in [9.17, 15) is 8.42 Å². The number of fused-ring (bicyclic) bond motifs is 1. The zero-order valence-corrected chi connectivity index (χ0v) is 17.9. The molecule has 0 aromatic heterocycles. The molecule has 3 aliphatic heterocycles. The maximum atomic E-state index is 13.0. The van der Waals surface area contributed by atoms with Crippen molar-refractivity contribution in [1.82, 2.24) is 4.31 Å². The van der Waals surface area contributed by atoms with Crippen LogP contribution in [0.4, 0.5) is 5.69 Å². The van der Waals surface area contributed by atoms with Crippen molar-refractivity contribution >= 4 is 27.5 Å². The number of anilines is 1. The van der Waals surface area contributed by atoms with Crippen LogP contribution in [0.1, 0.15) is 12.0 Å². The van der Waals surface area contributed by atoms with E-state index >= 15 is 0 Å². The number of sulfonamides is 1. The molecule has 3 aliphatic rings.